The van der Waals surface area contributed by atoms with Crippen molar-refractivity contribution in [2.24, 2.45) is 0 Å². The van der Waals surface area contributed by atoms with Gasteiger partial charge in [0, 0.05) is 11.6 Å². The van der Waals surface area contributed by atoms with Crippen LogP contribution in [0.1, 0.15) is 54.4 Å². The highest BCUT2D eigenvalue weighted by Gasteiger charge is 2.19. The SMILES string of the molecule is O=C(NC1CCCCCC1)c1cccc(Cn2cc(Br)c([N+](=O)[O-])n2)c1. The number of halogens is 1. The predicted octanol–water partition coefficient (Wildman–Crippen LogP) is 4.05. The van der Waals surface area contributed by atoms with E-state index >= 15 is 0 Å². The molecule has 0 atom stereocenters. The Morgan fingerprint density at radius 1 is 1.31 bits per heavy atom. The first-order valence-corrected chi connectivity index (χ1v) is 9.59. The number of benzene rings is 1. The van der Waals surface area contributed by atoms with Gasteiger partial charge in [-0.05, 0) is 51.4 Å². The third-order valence-corrected chi connectivity index (χ3v) is 5.16. The van der Waals surface area contributed by atoms with Crippen LogP contribution in [0.5, 0.6) is 0 Å². The standard InChI is InChI=1S/C18H21BrN4O3/c19-16-12-22(21-17(16)23(25)26)11-13-6-5-7-14(10-13)18(24)20-15-8-3-1-2-4-9-15/h5-7,10,12,15H,1-4,8-9,11H2,(H,20,24). The minimum absolute atomic E-state index is 0.0635. The van der Waals surface area contributed by atoms with Crippen LogP contribution in [0.15, 0.2) is 34.9 Å². The maximum atomic E-state index is 12.5. The van der Waals surface area contributed by atoms with E-state index in [0.29, 0.717) is 16.6 Å². The topological polar surface area (TPSA) is 90.1 Å². The minimum Gasteiger partial charge on any atom is -0.358 e. The number of hydrogen-bond donors (Lipinski definition) is 1. The van der Waals surface area contributed by atoms with E-state index < -0.39 is 4.92 Å². The van der Waals surface area contributed by atoms with Crippen LogP contribution in [-0.2, 0) is 6.54 Å². The molecule has 0 saturated heterocycles. The van der Waals surface area contributed by atoms with Crippen molar-refractivity contribution in [2.45, 2.75) is 51.1 Å². The lowest BCUT2D eigenvalue weighted by Crippen LogP contribution is -2.34. The van der Waals surface area contributed by atoms with Gasteiger partial charge in [-0.15, -0.1) is 0 Å². The summed E-state index contributed by atoms with van der Waals surface area (Å²) < 4.78 is 1.83. The molecule has 1 fully saturated rings. The maximum Gasteiger partial charge on any atom is 0.404 e. The van der Waals surface area contributed by atoms with E-state index in [9.17, 15) is 14.9 Å². The molecule has 1 aliphatic rings. The lowest BCUT2D eigenvalue weighted by atomic mass is 10.1. The summed E-state index contributed by atoms with van der Waals surface area (Å²) in [6.07, 6.45) is 8.46. The zero-order valence-corrected chi connectivity index (χ0v) is 15.9. The molecule has 0 spiro atoms. The van der Waals surface area contributed by atoms with E-state index in [2.05, 4.69) is 26.3 Å². The molecule has 0 bridgehead atoms. The molecule has 8 heteroatoms. The summed E-state index contributed by atoms with van der Waals surface area (Å²) in [4.78, 5) is 22.9. The zero-order valence-electron chi connectivity index (χ0n) is 14.4. The fraction of sp³-hybridized carbons (Fsp3) is 0.444. The van der Waals surface area contributed by atoms with E-state index in [4.69, 9.17) is 0 Å². The molecule has 3 rings (SSSR count). The molecule has 7 nitrogen and oxygen atoms in total. The van der Waals surface area contributed by atoms with Gasteiger partial charge >= 0.3 is 5.82 Å². The molecule has 1 N–H and O–H groups in total. The summed E-state index contributed by atoms with van der Waals surface area (Å²) in [7, 11) is 0. The van der Waals surface area contributed by atoms with Gasteiger partial charge in [-0.3, -0.25) is 4.79 Å². The van der Waals surface area contributed by atoms with Crippen molar-refractivity contribution in [1.29, 1.82) is 0 Å². The third kappa shape index (κ3) is 4.69. The molecule has 1 heterocycles. The summed E-state index contributed by atoms with van der Waals surface area (Å²) in [5.41, 5.74) is 1.47. The average Bonchev–Trinajstić information content (AvgIpc) is 2.81. The molecule has 26 heavy (non-hydrogen) atoms. The van der Waals surface area contributed by atoms with Gasteiger partial charge in [0.1, 0.15) is 4.47 Å². The summed E-state index contributed by atoms with van der Waals surface area (Å²) in [6, 6.07) is 7.55. The van der Waals surface area contributed by atoms with Crippen molar-refractivity contribution >= 4 is 27.7 Å². The fourth-order valence-electron chi connectivity index (χ4n) is 3.28. The number of hydrogen-bond acceptors (Lipinski definition) is 4. The summed E-state index contributed by atoms with van der Waals surface area (Å²) in [5, 5.41) is 18.0. The van der Waals surface area contributed by atoms with E-state index in [1.54, 1.807) is 12.3 Å². The van der Waals surface area contributed by atoms with Crippen LogP contribution in [0.3, 0.4) is 0 Å². The molecule has 1 aromatic heterocycles. The normalized spacial score (nSPS) is 15.4. The second-order valence-corrected chi connectivity index (χ2v) is 7.47. The van der Waals surface area contributed by atoms with Gasteiger partial charge in [0.15, 0.2) is 0 Å². The van der Waals surface area contributed by atoms with E-state index in [1.807, 2.05) is 18.2 Å². The number of carbonyl (C=O) groups is 1. The number of aromatic nitrogens is 2. The molecule has 138 valence electrons. The van der Waals surface area contributed by atoms with Gasteiger partial charge in [0.2, 0.25) is 0 Å². The fourth-order valence-corrected chi connectivity index (χ4v) is 3.74. The third-order valence-electron chi connectivity index (χ3n) is 4.60. The molecule has 0 unspecified atom stereocenters. The molecular formula is C18H21BrN4O3. The molecule has 1 aliphatic carbocycles. The Morgan fingerprint density at radius 2 is 2.04 bits per heavy atom. The molecular weight excluding hydrogens is 400 g/mol. The molecule has 1 amide bonds. The monoisotopic (exact) mass is 420 g/mol. The number of nitrogens with one attached hydrogen (secondary N) is 1. The molecule has 2 aromatic rings. The van der Waals surface area contributed by atoms with Gasteiger partial charge in [0.25, 0.3) is 5.91 Å². The van der Waals surface area contributed by atoms with Gasteiger partial charge < -0.3 is 15.4 Å². The lowest BCUT2D eigenvalue weighted by Gasteiger charge is -2.16. The Morgan fingerprint density at radius 3 is 2.69 bits per heavy atom. The van der Waals surface area contributed by atoms with Crippen molar-refractivity contribution in [3.05, 3.63) is 56.2 Å². The van der Waals surface area contributed by atoms with Crippen molar-refractivity contribution < 1.29 is 9.72 Å². The molecule has 0 aliphatic heterocycles. The molecule has 1 saturated carbocycles. The van der Waals surface area contributed by atoms with Crippen LogP contribution < -0.4 is 5.32 Å². The minimum atomic E-state index is -0.531. The van der Waals surface area contributed by atoms with Crippen LogP contribution >= 0.6 is 15.9 Å². The van der Waals surface area contributed by atoms with Crippen LogP contribution in [-0.4, -0.2) is 26.7 Å². The summed E-state index contributed by atoms with van der Waals surface area (Å²) >= 11 is 3.14. The lowest BCUT2D eigenvalue weighted by molar-refractivity contribution is -0.390. The number of rotatable bonds is 5. The number of carbonyl (C=O) groups excluding carboxylic acids is 1. The Hall–Kier alpha value is -2.22. The summed E-state index contributed by atoms with van der Waals surface area (Å²) in [5.74, 6) is -0.279. The smallest absolute Gasteiger partial charge is 0.358 e. The Balaban J connectivity index is 1.68. The van der Waals surface area contributed by atoms with E-state index in [-0.39, 0.29) is 17.8 Å². The first-order chi connectivity index (χ1) is 12.5. The molecule has 0 radical (unpaired) electrons. The van der Waals surface area contributed by atoms with Gasteiger partial charge in [-0.2, -0.15) is 4.68 Å². The highest BCUT2D eigenvalue weighted by atomic mass is 79.9. The van der Waals surface area contributed by atoms with E-state index in [0.717, 1.165) is 31.2 Å². The van der Waals surface area contributed by atoms with Crippen LogP contribution in [0.25, 0.3) is 0 Å². The largest absolute Gasteiger partial charge is 0.404 e. The summed E-state index contributed by atoms with van der Waals surface area (Å²) in [6.45, 7) is 0.358. The van der Waals surface area contributed by atoms with Crippen molar-refractivity contribution in [1.82, 2.24) is 15.1 Å². The van der Waals surface area contributed by atoms with Gasteiger partial charge in [-0.1, -0.05) is 37.8 Å². The Bertz CT molecular complexity index is 797. The van der Waals surface area contributed by atoms with Crippen LogP contribution in [0.2, 0.25) is 0 Å². The van der Waals surface area contributed by atoms with Crippen molar-refractivity contribution in [3.8, 4) is 0 Å². The quantitative estimate of drug-likeness (QED) is 0.448. The maximum absolute atomic E-state index is 12.5. The Kier molecular flexibility index (Phi) is 6.03. The van der Waals surface area contributed by atoms with Gasteiger partial charge in [0.05, 0.1) is 17.8 Å². The zero-order chi connectivity index (χ0) is 18.5. The predicted molar refractivity (Wildman–Crippen MR) is 101 cm³/mol. The molecule has 1 aromatic carbocycles. The highest BCUT2D eigenvalue weighted by Crippen LogP contribution is 2.23. The van der Waals surface area contributed by atoms with Crippen LogP contribution in [0, 0.1) is 10.1 Å². The van der Waals surface area contributed by atoms with E-state index in [1.165, 1.54) is 17.5 Å². The first-order valence-electron chi connectivity index (χ1n) is 8.80. The van der Waals surface area contributed by atoms with Crippen molar-refractivity contribution in [3.63, 3.8) is 0 Å². The highest BCUT2D eigenvalue weighted by molar-refractivity contribution is 9.10. The first kappa shape index (κ1) is 18.6. The number of nitro groups is 1. The number of nitrogens with zero attached hydrogens (tertiary/aromatic N) is 3. The van der Waals surface area contributed by atoms with Gasteiger partial charge in [-0.25, -0.2) is 0 Å². The number of amides is 1. The second kappa shape index (κ2) is 8.44. The average molecular weight is 421 g/mol. The van der Waals surface area contributed by atoms with Crippen LogP contribution in [0.4, 0.5) is 5.82 Å². The second-order valence-electron chi connectivity index (χ2n) is 6.62. The Labute approximate surface area is 160 Å². The van der Waals surface area contributed by atoms with Crippen molar-refractivity contribution in [2.75, 3.05) is 0 Å².